The Labute approximate surface area is 116 Å². The van der Waals surface area contributed by atoms with Crippen LogP contribution in [0.25, 0.3) is 10.1 Å². The summed E-state index contributed by atoms with van der Waals surface area (Å²) in [6, 6.07) is 5.99. The lowest BCUT2D eigenvalue weighted by atomic mass is 10.1. The first kappa shape index (κ1) is 13.8. The summed E-state index contributed by atoms with van der Waals surface area (Å²) in [5, 5.41) is 12.5. The second-order valence-electron chi connectivity index (χ2n) is 4.53. The third kappa shape index (κ3) is 3.05. The molecule has 4 N–H and O–H groups in total. The molecule has 102 valence electrons. The third-order valence-electron chi connectivity index (χ3n) is 2.96. The molecule has 5 heteroatoms. The lowest BCUT2D eigenvalue weighted by Crippen LogP contribution is -2.24. The summed E-state index contributed by atoms with van der Waals surface area (Å²) < 4.78 is 1.04. The summed E-state index contributed by atoms with van der Waals surface area (Å²) >= 11 is 1.42. The van der Waals surface area contributed by atoms with Crippen molar-refractivity contribution in [3.05, 3.63) is 28.6 Å². The number of rotatable bonds is 5. The molecule has 1 aromatic heterocycles. The van der Waals surface area contributed by atoms with Crippen LogP contribution in [-0.4, -0.2) is 24.2 Å². The van der Waals surface area contributed by atoms with Crippen LogP contribution in [0.3, 0.4) is 0 Å². The van der Waals surface area contributed by atoms with Crippen molar-refractivity contribution in [3.8, 4) is 0 Å². The standard InChI is InChI=1S/C14H18N2O2S/c1-9-4-5-10-11(8-9)19-13(12(10)15)14(18)16-6-2-3-7-17/h4-5,8,17H,2-3,6-7,15H2,1H3,(H,16,18). The fraction of sp³-hybridized carbons (Fsp3) is 0.357. The Bertz CT molecular complexity index is 592. The second-order valence-corrected chi connectivity index (χ2v) is 5.58. The van der Waals surface area contributed by atoms with Gasteiger partial charge in [-0.15, -0.1) is 11.3 Å². The van der Waals surface area contributed by atoms with Crippen molar-refractivity contribution in [3.63, 3.8) is 0 Å². The number of thiophene rings is 1. The van der Waals surface area contributed by atoms with Gasteiger partial charge in [0.1, 0.15) is 4.88 Å². The second kappa shape index (κ2) is 6.04. The van der Waals surface area contributed by atoms with E-state index in [0.717, 1.165) is 22.1 Å². The maximum absolute atomic E-state index is 12.0. The zero-order chi connectivity index (χ0) is 13.8. The van der Waals surface area contributed by atoms with Gasteiger partial charge in [0.2, 0.25) is 0 Å². The fourth-order valence-corrected chi connectivity index (χ4v) is 3.05. The van der Waals surface area contributed by atoms with E-state index in [1.54, 1.807) is 0 Å². The lowest BCUT2D eigenvalue weighted by molar-refractivity contribution is 0.0957. The number of nitrogens with one attached hydrogen (secondary N) is 1. The molecule has 0 aliphatic carbocycles. The Morgan fingerprint density at radius 2 is 2.21 bits per heavy atom. The zero-order valence-electron chi connectivity index (χ0n) is 10.9. The summed E-state index contributed by atoms with van der Waals surface area (Å²) in [4.78, 5) is 12.6. The molecule has 0 atom stereocenters. The van der Waals surface area contributed by atoms with E-state index in [4.69, 9.17) is 10.8 Å². The quantitative estimate of drug-likeness (QED) is 0.735. The Kier molecular flexibility index (Phi) is 4.39. The van der Waals surface area contributed by atoms with Crippen LogP contribution in [0.1, 0.15) is 28.1 Å². The van der Waals surface area contributed by atoms with Crippen LogP contribution < -0.4 is 11.1 Å². The zero-order valence-corrected chi connectivity index (χ0v) is 11.7. The van der Waals surface area contributed by atoms with Crippen molar-refractivity contribution in [1.82, 2.24) is 5.32 Å². The number of aliphatic hydroxyl groups excluding tert-OH is 1. The molecular weight excluding hydrogens is 260 g/mol. The maximum Gasteiger partial charge on any atom is 0.263 e. The number of aliphatic hydroxyl groups is 1. The number of benzene rings is 1. The van der Waals surface area contributed by atoms with E-state index in [9.17, 15) is 4.79 Å². The summed E-state index contributed by atoms with van der Waals surface area (Å²) in [6.45, 7) is 2.73. The van der Waals surface area contributed by atoms with Crippen molar-refractivity contribution >= 4 is 33.0 Å². The molecule has 0 saturated heterocycles. The SMILES string of the molecule is Cc1ccc2c(N)c(C(=O)NCCCCO)sc2c1. The Hall–Kier alpha value is -1.59. The van der Waals surface area contributed by atoms with E-state index in [1.807, 2.05) is 25.1 Å². The predicted octanol–water partition coefficient (Wildman–Crippen LogP) is 2.29. The lowest BCUT2D eigenvalue weighted by Gasteiger charge is -2.03. The van der Waals surface area contributed by atoms with Gasteiger partial charge in [-0.2, -0.15) is 0 Å². The van der Waals surface area contributed by atoms with Crippen LogP contribution in [-0.2, 0) is 0 Å². The van der Waals surface area contributed by atoms with Gasteiger partial charge in [0.25, 0.3) is 5.91 Å². The maximum atomic E-state index is 12.0. The number of amides is 1. The molecule has 2 rings (SSSR count). The molecule has 0 spiro atoms. The molecule has 0 fully saturated rings. The van der Waals surface area contributed by atoms with Crippen molar-refractivity contribution in [2.24, 2.45) is 0 Å². The van der Waals surface area contributed by atoms with Gasteiger partial charge in [-0.25, -0.2) is 0 Å². The smallest absolute Gasteiger partial charge is 0.263 e. The minimum atomic E-state index is -0.130. The molecule has 2 aromatic rings. The molecule has 1 heterocycles. The first-order valence-corrected chi connectivity index (χ1v) is 7.13. The number of hydrogen-bond donors (Lipinski definition) is 3. The number of aryl methyl sites for hydroxylation is 1. The summed E-state index contributed by atoms with van der Waals surface area (Å²) in [6.07, 6.45) is 1.47. The van der Waals surface area contributed by atoms with Crippen LogP contribution in [0.2, 0.25) is 0 Å². The average Bonchev–Trinajstić information content (AvgIpc) is 2.71. The van der Waals surface area contributed by atoms with E-state index in [2.05, 4.69) is 5.32 Å². The molecule has 0 radical (unpaired) electrons. The number of nitrogens with two attached hydrogens (primary N) is 1. The fourth-order valence-electron chi connectivity index (χ4n) is 1.91. The molecule has 0 aliphatic heterocycles. The van der Waals surface area contributed by atoms with Gasteiger partial charge < -0.3 is 16.2 Å². The van der Waals surface area contributed by atoms with Crippen molar-refractivity contribution < 1.29 is 9.90 Å². The number of anilines is 1. The minimum absolute atomic E-state index is 0.130. The highest BCUT2D eigenvalue weighted by molar-refractivity contribution is 7.21. The minimum Gasteiger partial charge on any atom is -0.397 e. The molecule has 0 aliphatic rings. The molecule has 0 unspecified atom stereocenters. The van der Waals surface area contributed by atoms with Crippen LogP contribution >= 0.6 is 11.3 Å². The van der Waals surface area contributed by atoms with Gasteiger partial charge in [-0.3, -0.25) is 4.79 Å². The highest BCUT2D eigenvalue weighted by Crippen LogP contribution is 2.34. The summed E-state index contributed by atoms with van der Waals surface area (Å²) in [5.41, 5.74) is 7.74. The van der Waals surface area contributed by atoms with Crippen LogP contribution in [0, 0.1) is 6.92 Å². The topological polar surface area (TPSA) is 75.4 Å². The van der Waals surface area contributed by atoms with Crippen LogP contribution in [0.4, 0.5) is 5.69 Å². The van der Waals surface area contributed by atoms with Crippen LogP contribution in [0.5, 0.6) is 0 Å². The average molecular weight is 278 g/mol. The Morgan fingerprint density at radius 3 is 2.95 bits per heavy atom. The Balaban J connectivity index is 2.15. The molecule has 4 nitrogen and oxygen atoms in total. The highest BCUT2D eigenvalue weighted by atomic mass is 32.1. The number of hydrogen-bond acceptors (Lipinski definition) is 4. The predicted molar refractivity (Wildman–Crippen MR) is 79.6 cm³/mol. The number of fused-ring (bicyclic) bond motifs is 1. The van der Waals surface area contributed by atoms with E-state index in [-0.39, 0.29) is 12.5 Å². The molecule has 0 bridgehead atoms. The van der Waals surface area contributed by atoms with E-state index in [1.165, 1.54) is 11.3 Å². The van der Waals surface area contributed by atoms with Crippen LogP contribution in [0.15, 0.2) is 18.2 Å². The van der Waals surface area contributed by atoms with E-state index < -0.39 is 0 Å². The monoisotopic (exact) mass is 278 g/mol. The number of carbonyl (C=O) groups is 1. The van der Waals surface area contributed by atoms with Crippen molar-refractivity contribution in [2.75, 3.05) is 18.9 Å². The summed E-state index contributed by atoms with van der Waals surface area (Å²) in [5.74, 6) is -0.130. The molecule has 1 amide bonds. The molecule has 1 aromatic carbocycles. The van der Waals surface area contributed by atoms with Gasteiger partial charge in [-0.1, -0.05) is 12.1 Å². The molecule has 19 heavy (non-hydrogen) atoms. The van der Waals surface area contributed by atoms with Crippen molar-refractivity contribution in [1.29, 1.82) is 0 Å². The number of unbranched alkanes of at least 4 members (excludes halogenated alkanes) is 1. The van der Waals surface area contributed by atoms with Gasteiger partial charge in [-0.05, 0) is 31.4 Å². The van der Waals surface area contributed by atoms with Gasteiger partial charge >= 0.3 is 0 Å². The summed E-state index contributed by atoms with van der Waals surface area (Å²) in [7, 11) is 0. The first-order valence-electron chi connectivity index (χ1n) is 6.31. The van der Waals surface area contributed by atoms with Gasteiger partial charge in [0.05, 0.1) is 5.69 Å². The van der Waals surface area contributed by atoms with Gasteiger partial charge in [0.15, 0.2) is 0 Å². The molecular formula is C14H18N2O2S. The van der Waals surface area contributed by atoms with Gasteiger partial charge in [0, 0.05) is 23.2 Å². The third-order valence-corrected chi connectivity index (χ3v) is 4.13. The first-order chi connectivity index (χ1) is 9.13. The largest absolute Gasteiger partial charge is 0.397 e. The number of carbonyl (C=O) groups excluding carboxylic acids is 1. The van der Waals surface area contributed by atoms with E-state index in [0.29, 0.717) is 23.5 Å². The Morgan fingerprint density at radius 1 is 1.42 bits per heavy atom. The number of nitrogen functional groups attached to an aromatic ring is 1. The van der Waals surface area contributed by atoms with Crippen molar-refractivity contribution in [2.45, 2.75) is 19.8 Å². The highest BCUT2D eigenvalue weighted by Gasteiger charge is 2.15. The molecule has 0 saturated carbocycles. The van der Waals surface area contributed by atoms with E-state index >= 15 is 0 Å². The normalized spacial score (nSPS) is 10.8.